The first-order valence-corrected chi connectivity index (χ1v) is 7.55. The van der Waals surface area contributed by atoms with Crippen LogP contribution in [-0.4, -0.2) is 24.0 Å². The molecule has 17 heavy (non-hydrogen) atoms. The molecule has 0 spiro atoms. The number of hydrogen-bond acceptors (Lipinski definition) is 2. The van der Waals surface area contributed by atoms with Crippen molar-refractivity contribution in [3.05, 3.63) is 33.8 Å². The van der Waals surface area contributed by atoms with E-state index >= 15 is 0 Å². The summed E-state index contributed by atoms with van der Waals surface area (Å²) in [7, 11) is 0. The van der Waals surface area contributed by atoms with Gasteiger partial charge in [-0.2, -0.15) is 0 Å². The van der Waals surface area contributed by atoms with Gasteiger partial charge >= 0.3 is 0 Å². The first-order chi connectivity index (χ1) is 8.19. The number of rotatable bonds is 3. The van der Waals surface area contributed by atoms with Gasteiger partial charge in [-0.15, -0.1) is 0 Å². The van der Waals surface area contributed by atoms with Gasteiger partial charge < -0.3 is 0 Å². The molecule has 1 aromatic rings. The van der Waals surface area contributed by atoms with Gasteiger partial charge in [0, 0.05) is 35.5 Å². The van der Waals surface area contributed by atoms with Crippen LogP contribution in [0.5, 0.6) is 0 Å². The largest absolute Gasteiger partial charge is 0.299 e. The van der Waals surface area contributed by atoms with E-state index < -0.39 is 0 Å². The summed E-state index contributed by atoms with van der Waals surface area (Å²) >= 11 is 14.2. The van der Waals surface area contributed by atoms with Crippen molar-refractivity contribution >= 4 is 46.1 Å². The Bertz CT molecular complexity index is 379. The van der Waals surface area contributed by atoms with Crippen LogP contribution in [0.4, 0.5) is 0 Å². The topological polar surface area (TPSA) is 15.3 Å². The molecule has 5 heteroatoms. The SMILES string of the molecule is Clc1ccc(CN2CCC(NI)CC2)cc1Cl. The van der Waals surface area contributed by atoms with Crippen LogP contribution in [0, 0.1) is 0 Å². The molecule has 1 heterocycles. The highest BCUT2D eigenvalue weighted by atomic mass is 127. The molecule has 1 N–H and O–H groups in total. The number of piperidine rings is 1. The standard InChI is InChI=1S/C12H15Cl2IN2/c13-11-2-1-9(7-12(11)14)8-17-5-3-10(16-15)4-6-17/h1-2,7,10,16H,3-6,8H2. The molecule has 1 aliphatic heterocycles. The molecule has 0 bridgehead atoms. The zero-order valence-corrected chi connectivity index (χ0v) is 13.1. The lowest BCUT2D eigenvalue weighted by Gasteiger charge is -2.31. The van der Waals surface area contributed by atoms with E-state index in [9.17, 15) is 0 Å². The Hall–Kier alpha value is 0.450. The highest BCUT2D eigenvalue weighted by molar-refractivity contribution is 14.1. The Morgan fingerprint density at radius 2 is 1.94 bits per heavy atom. The summed E-state index contributed by atoms with van der Waals surface area (Å²) in [6, 6.07) is 6.56. The maximum atomic E-state index is 6.02. The Morgan fingerprint density at radius 1 is 1.24 bits per heavy atom. The van der Waals surface area contributed by atoms with E-state index in [0.717, 1.165) is 19.6 Å². The molecular weight excluding hydrogens is 370 g/mol. The third-order valence-electron chi connectivity index (χ3n) is 3.13. The van der Waals surface area contributed by atoms with E-state index in [1.54, 1.807) is 0 Å². The van der Waals surface area contributed by atoms with Gasteiger partial charge in [0.1, 0.15) is 0 Å². The van der Waals surface area contributed by atoms with Gasteiger partial charge in [-0.3, -0.25) is 8.43 Å². The Morgan fingerprint density at radius 3 is 2.53 bits per heavy atom. The zero-order chi connectivity index (χ0) is 12.3. The zero-order valence-electron chi connectivity index (χ0n) is 9.43. The minimum absolute atomic E-state index is 0.628. The van der Waals surface area contributed by atoms with Gasteiger partial charge in [-0.25, -0.2) is 0 Å². The molecule has 2 rings (SSSR count). The van der Waals surface area contributed by atoms with Crippen molar-refractivity contribution in [3.63, 3.8) is 0 Å². The maximum Gasteiger partial charge on any atom is 0.0595 e. The van der Waals surface area contributed by atoms with Crippen LogP contribution < -0.4 is 3.53 Å². The molecule has 0 radical (unpaired) electrons. The van der Waals surface area contributed by atoms with Crippen LogP contribution in [0.25, 0.3) is 0 Å². The summed E-state index contributed by atoms with van der Waals surface area (Å²) in [6.45, 7) is 3.24. The second-order valence-corrected chi connectivity index (χ2v) is 5.85. The van der Waals surface area contributed by atoms with Gasteiger partial charge in [0.25, 0.3) is 0 Å². The van der Waals surface area contributed by atoms with E-state index in [2.05, 4.69) is 37.4 Å². The molecule has 0 unspecified atom stereocenters. The van der Waals surface area contributed by atoms with Gasteiger partial charge in [0.15, 0.2) is 0 Å². The molecule has 0 saturated carbocycles. The van der Waals surface area contributed by atoms with E-state index in [4.69, 9.17) is 23.2 Å². The average Bonchev–Trinajstić information content (AvgIpc) is 2.35. The summed E-state index contributed by atoms with van der Waals surface area (Å²) in [6.07, 6.45) is 2.43. The molecule has 0 aromatic heterocycles. The Balaban J connectivity index is 1.91. The van der Waals surface area contributed by atoms with Crippen LogP contribution in [0.15, 0.2) is 18.2 Å². The third kappa shape index (κ3) is 3.96. The van der Waals surface area contributed by atoms with Gasteiger partial charge in [0.2, 0.25) is 0 Å². The summed E-state index contributed by atoms with van der Waals surface area (Å²) in [5.41, 5.74) is 1.24. The molecule has 0 amide bonds. The van der Waals surface area contributed by atoms with Gasteiger partial charge in [0.05, 0.1) is 10.0 Å². The fourth-order valence-corrected chi connectivity index (χ4v) is 3.04. The summed E-state index contributed by atoms with van der Waals surface area (Å²) in [5.74, 6) is 0. The lowest BCUT2D eigenvalue weighted by molar-refractivity contribution is 0.203. The summed E-state index contributed by atoms with van der Waals surface area (Å²) < 4.78 is 3.31. The normalized spacial score (nSPS) is 18.5. The first-order valence-electron chi connectivity index (χ1n) is 5.71. The quantitative estimate of drug-likeness (QED) is 0.628. The van der Waals surface area contributed by atoms with Gasteiger partial charge in [-0.05, 0) is 43.6 Å². The van der Waals surface area contributed by atoms with Crippen molar-refractivity contribution in [1.82, 2.24) is 8.43 Å². The minimum atomic E-state index is 0.628. The molecule has 1 saturated heterocycles. The Labute approximate surface area is 126 Å². The second kappa shape index (κ2) is 6.57. The highest BCUT2D eigenvalue weighted by Gasteiger charge is 2.18. The summed E-state index contributed by atoms with van der Waals surface area (Å²) in [5, 5.41) is 1.27. The number of benzene rings is 1. The number of nitrogens with one attached hydrogen (secondary N) is 1. The van der Waals surface area contributed by atoms with Crippen molar-refractivity contribution < 1.29 is 0 Å². The monoisotopic (exact) mass is 384 g/mol. The lowest BCUT2D eigenvalue weighted by Crippen LogP contribution is -2.39. The van der Waals surface area contributed by atoms with E-state index in [1.807, 2.05) is 12.1 Å². The minimum Gasteiger partial charge on any atom is -0.299 e. The smallest absolute Gasteiger partial charge is 0.0595 e. The fraction of sp³-hybridized carbons (Fsp3) is 0.500. The van der Waals surface area contributed by atoms with Crippen molar-refractivity contribution in [2.75, 3.05) is 13.1 Å². The predicted octanol–water partition coefficient (Wildman–Crippen LogP) is 3.90. The molecule has 0 aliphatic carbocycles. The molecule has 1 fully saturated rings. The fourth-order valence-electron chi connectivity index (χ4n) is 2.10. The molecule has 1 aromatic carbocycles. The van der Waals surface area contributed by atoms with Crippen molar-refractivity contribution in [2.45, 2.75) is 25.4 Å². The number of nitrogens with zero attached hydrogens (tertiary/aromatic N) is 1. The average molecular weight is 385 g/mol. The van der Waals surface area contributed by atoms with E-state index in [1.165, 1.54) is 18.4 Å². The van der Waals surface area contributed by atoms with Gasteiger partial charge in [-0.1, -0.05) is 29.3 Å². The van der Waals surface area contributed by atoms with Crippen molar-refractivity contribution in [1.29, 1.82) is 0 Å². The predicted molar refractivity (Wildman–Crippen MR) is 81.9 cm³/mol. The molecule has 94 valence electrons. The summed E-state index contributed by atoms with van der Waals surface area (Å²) in [4.78, 5) is 2.46. The second-order valence-electron chi connectivity index (χ2n) is 4.41. The van der Waals surface area contributed by atoms with Crippen molar-refractivity contribution in [2.24, 2.45) is 0 Å². The van der Waals surface area contributed by atoms with Crippen LogP contribution in [-0.2, 0) is 6.54 Å². The Kier molecular flexibility index (Phi) is 5.36. The number of likely N-dealkylation sites (tertiary alicyclic amines) is 1. The van der Waals surface area contributed by atoms with E-state index in [-0.39, 0.29) is 0 Å². The highest BCUT2D eigenvalue weighted by Crippen LogP contribution is 2.24. The third-order valence-corrected chi connectivity index (χ3v) is 4.75. The lowest BCUT2D eigenvalue weighted by atomic mass is 10.1. The van der Waals surface area contributed by atoms with Crippen LogP contribution in [0.2, 0.25) is 10.0 Å². The number of halogens is 3. The molecule has 1 aliphatic rings. The van der Waals surface area contributed by atoms with Crippen LogP contribution >= 0.6 is 46.1 Å². The molecular formula is C12H15Cl2IN2. The first kappa shape index (κ1) is 13.9. The molecule has 0 atom stereocenters. The van der Waals surface area contributed by atoms with Crippen LogP contribution in [0.3, 0.4) is 0 Å². The van der Waals surface area contributed by atoms with Crippen LogP contribution in [0.1, 0.15) is 18.4 Å². The molecule has 2 nitrogen and oxygen atoms in total. The number of hydrogen-bond donors (Lipinski definition) is 1. The van der Waals surface area contributed by atoms with Crippen molar-refractivity contribution in [3.8, 4) is 0 Å². The van der Waals surface area contributed by atoms with E-state index in [0.29, 0.717) is 16.1 Å². The maximum absolute atomic E-state index is 6.02.